The Balaban J connectivity index is 1.00. The predicted octanol–water partition coefficient (Wildman–Crippen LogP) is 8.55. The van der Waals surface area contributed by atoms with Gasteiger partial charge in [0.05, 0.1) is 21.6 Å². The van der Waals surface area contributed by atoms with Crippen LogP contribution in [0.4, 0.5) is 17.1 Å². The summed E-state index contributed by atoms with van der Waals surface area (Å²) in [6, 6.07) is 20.6. The molecule has 2 aliphatic heterocycles. The molecule has 2 aromatic heterocycles. The van der Waals surface area contributed by atoms with Crippen LogP contribution >= 0.6 is 11.6 Å². The van der Waals surface area contributed by atoms with E-state index in [9.17, 15) is 23.3 Å². The number of ether oxygens (including phenoxy) is 2. The molecule has 0 atom stereocenters. The summed E-state index contributed by atoms with van der Waals surface area (Å²) in [5.41, 5.74) is 5.76. The fraction of sp³-hybridized carbons (Fsp3) is 0.378. The number of fused-ring (bicyclic) bond motifs is 1. The molecule has 4 heterocycles. The van der Waals surface area contributed by atoms with Gasteiger partial charge in [-0.25, -0.2) is 23.3 Å². The summed E-state index contributed by atoms with van der Waals surface area (Å²) in [5.74, 6) is -0.142. The summed E-state index contributed by atoms with van der Waals surface area (Å²) in [5, 5.41) is 14.6. The minimum Gasteiger partial charge on any atom is -0.455 e. The minimum absolute atomic E-state index is 0.0235. The van der Waals surface area contributed by atoms with Gasteiger partial charge in [0, 0.05) is 86.9 Å². The van der Waals surface area contributed by atoms with Crippen molar-refractivity contribution in [3.05, 3.63) is 112 Å². The van der Waals surface area contributed by atoms with Gasteiger partial charge in [0.2, 0.25) is 0 Å². The highest BCUT2D eigenvalue weighted by Gasteiger charge is 2.31. The summed E-state index contributed by atoms with van der Waals surface area (Å²) in [7, 11) is -4.52. The zero-order chi connectivity index (χ0) is 42.7. The summed E-state index contributed by atoms with van der Waals surface area (Å²) < 4.78 is 41.2. The molecule has 0 saturated carbocycles. The maximum atomic E-state index is 13.9. The van der Waals surface area contributed by atoms with Crippen LogP contribution in [0.5, 0.6) is 11.5 Å². The average molecular weight is 869 g/mol. The van der Waals surface area contributed by atoms with Crippen molar-refractivity contribution in [3.8, 4) is 11.5 Å². The van der Waals surface area contributed by atoms with Crippen LogP contribution < -0.4 is 19.7 Å². The first-order valence-corrected chi connectivity index (χ1v) is 22.5. The van der Waals surface area contributed by atoms with Crippen LogP contribution in [-0.4, -0.2) is 91.8 Å². The second kappa shape index (κ2) is 17.9. The van der Waals surface area contributed by atoms with Crippen molar-refractivity contribution in [3.63, 3.8) is 0 Å². The van der Waals surface area contributed by atoms with Crippen LogP contribution in [0.25, 0.3) is 16.6 Å². The van der Waals surface area contributed by atoms with Gasteiger partial charge in [-0.05, 0) is 103 Å². The number of amides is 1. The molecule has 1 amide bonds. The van der Waals surface area contributed by atoms with Crippen LogP contribution in [0.15, 0.2) is 95.7 Å². The lowest BCUT2D eigenvalue weighted by molar-refractivity contribution is -0.729. The second-order valence-corrected chi connectivity index (χ2v) is 19.0. The maximum Gasteiger partial charge on any atom is 0.340 e. The number of carbonyl (C=O) groups is 1. The highest BCUT2D eigenvalue weighted by Crippen LogP contribution is 2.43. The molecule has 61 heavy (non-hydrogen) atoms. The minimum atomic E-state index is -4.52. The number of H-pyrrole nitrogens is 1. The van der Waals surface area contributed by atoms with Gasteiger partial charge in [-0.15, -0.1) is 0 Å². The Kier molecular flexibility index (Phi) is 12.4. The Morgan fingerprint density at radius 2 is 1.80 bits per heavy atom. The largest absolute Gasteiger partial charge is 0.455 e. The Morgan fingerprint density at radius 3 is 2.56 bits per heavy atom. The number of hydrogen-bond donors (Lipinski definition) is 4. The standard InChI is InChI=1S/C45H50ClN7O7S/c1-45(2)15-11-33(39(26-45)31-3-5-34(46)6-4-31)29-51-17-19-52(20-18-51)35-7-9-38(42(24-35)60-36-23-32-12-16-47-43(32)49-28-36)44(54)50-61(57,58)37-8-10-40(41(25-37)53(55)56)48-27-30-13-21-59-22-14-30/h3-10,12,16,23-25,28,30,48H,11,13-15,17-22,26-27,29H2,1-2H3,(H2-,47,49,50,54,55,56)/p+1. The van der Waals surface area contributed by atoms with Gasteiger partial charge in [-0.3, -0.25) is 9.69 Å². The Bertz CT molecular complexity index is 2560. The molecule has 0 bridgehead atoms. The van der Waals surface area contributed by atoms with E-state index < -0.39 is 15.9 Å². The van der Waals surface area contributed by atoms with E-state index in [1.54, 1.807) is 30.5 Å². The monoisotopic (exact) mass is 868 g/mol. The van der Waals surface area contributed by atoms with Crippen molar-refractivity contribution in [1.29, 1.82) is 0 Å². The molecule has 2 saturated heterocycles. The van der Waals surface area contributed by atoms with Gasteiger partial charge >= 0.3 is 5.69 Å². The first-order valence-electron chi connectivity index (χ1n) is 20.7. The van der Waals surface area contributed by atoms with E-state index in [0.717, 1.165) is 87.0 Å². The van der Waals surface area contributed by atoms with E-state index in [-0.39, 0.29) is 37.9 Å². The van der Waals surface area contributed by atoms with Crippen molar-refractivity contribution in [2.24, 2.45) is 11.3 Å². The number of hydrogen-bond acceptors (Lipinski definition) is 10. The van der Waals surface area contributed by atoms with Crippen LogP contribution in [0.1, 0.15) is 61.9 Å². The number of piperazine rings is 1. The Labute approximate surface area is 360 Å². The first-order chi connectivity index (χ1) is 29.3. The maximum absolute atomic E-state index is 13.9. The van der Waals surface area contributed by atoms with E-state index in [1.807, 2.05) is 18.2 Å². The third-order valence-electron chi connectivity index (χ3n) is 12.0. The summed E-state index contributed by atoms with van der Waals surface area (Å²) in [6.45, 7) is 10.5. The van der Waals surface area contributed by atoms with Crippen LogP contribution in [0.2, 0.25) is 5.02 Å². The second-order valence-electron chi connectivity index (χ2n) is 16.9. The number of allylic oxidation sites excluding steroid dienone is 1. The third-order valence-corrected chi connectivity index (χ3v) is 13.6. The fourth-order valence-corrected chi connectivity index (χ4v) is 9.52. The van der Waals surface area contributed by atoms with E-state index >= 15 is 0 Å². The number of rotatable bonds is 13. The average Bonchev–Trinajstić information content (AvgIpc) is 3.72. The number of benzene rings is 3. The lowest BCUT2D eigenvalue weighted by atomic mass is 9.72. The molecule has 14 nitrogen and oxygen atoms in total. The lowest BCUT2D eigenvalue weighted by Crippen LogP contribution is -2.47. The van der Waals surface area contributed by atoms with Gasteiger partial charge in [0.25, 0.3) is 20.9 Å². The number of aromatic nitrogens is 2. The van der Waals surface area contributed by atoms with Crippen LogP contribution in [0, 0.1) is 16.2 Å². The quantitative estimate of drug-likeness (QED) is 0.0837. The molecule has 320 valence electrons. The van der Waals surface area contributed by atoms with E-state index in [0.29, 0.717) is 37.1 Å². The molecule has 5 aromatic rings. The normalized spacial score (nSPS) is 17.7. The zero-order valence-electron chi connectivity index (χ0n) is 34.3. The van der Waals surface area contributed by atoms with Gasteiger partial charge < -0.3 is 24.7 Å². The van der Waals surface area contributed by atoms with Crippen molar-refractivity contribution < 1.29 is 32.8 Å². The lowest BCUT2D eigenvalue weighted by Gasteiger charge is -2.39. The summed E-state index contributed by atoms with van der Waals surface area (Å²) in [6.07, 6.45) is 8.18. The Hall–Kier alpha value is -5.48. The molecule has 0 spiro atoms. The number of halogens is 1. The van der Waals surface area contributed by atoms with Gasteiger partial charge in [0.1, 0.15) is 22.8 Å². The fourth-order valence-electron chi connectivity index (χ4n) is 8.41. The van der Waals surface area contributed by atoms with Crippen LogP contribution in [-0.2, 0) is 14.8 Å². The van der Waals surface area contributed by atoms with Crippen molar-refractivity contribution >= 4 is 61.2 Å². The topological polar surface area (TPSA) is 169 Å². The number of nitrogens with one attached hydrogen (secondary N) is 3. The van der Waals surface area contributed by atoms with Gasteiger partial charge in [-0.2, -0.15) is 0 Å². The number of sulfonamides is 1. The molecule has 0 unspecified atom stereocenters. The molecule has 4 N–H and O–H groups in total. The highest BCUT2D eigenvalue weighted by atomic mass is 35.5. The molecule has 2 fully saturated rings. The van der Waals surface area contributed by atoms with Gasteiger partial charge in [0.15, 0.2) is 0 Å². The number of nitrogens with zero attached hydrogens (tertiary/aromatic N) is 4. The number of carbonyl (C=O) groups excluding carboxylic acids is 1. The third kappa shape index (κ3) is 10.0. The number of pyridine rings is 1. The smallest absolute Gasteiger partial charge is 0.340 e. The van der Waals surface area contributed by atoms with Crippen molar-refractivity contribution in [2.75, 3.05) is 62.7 Å². The summed E-state index contributed by atoms with van der Waals surface area (Å²) in [4.78, 5) is 37.5. The zero-order valence-corrected chi connectivity index (χ0v) is 35.9. The number of anilines is 2. The molecule has 8 rings (SSSR count). The molecule has 0 radical (unpaired) electrons. The molecular formula is C45H51ClN7O7S+. The summed E-state index contributed by atoms with van der Waals surface area (Å²) >= 11 is 6.24. The molecule has 3 aromatic carbocycles. The van der Waals surface area contributed by atoms with Crippen molar-refractivity contribution in [1.82, 2.24) is 19.6 Å². The van der Waals surface area contributed by atoms with Crippen molar-refractivity contribution in [2.45, 2.75) is 50.8 Å². The predicted molar refractivity (Wildman–Crippen MR) is 235 cm³/mol. The van der Waals surface area contributed by atoms with Crippen LogP contribution in [0.3, 0.4) is 0 Å². The number of aromatic amines is 1. The molecule has 3 aliphatic rings. The van der Waals surface area contributed by atoms with E-state index in [1.165, 1.54) is 35.0 Å². The van der Waals surface area contributed by atoms with E-state index in [4.69, 9.17) is 21.1 Å². The first kappa shape index (κ1) is 42.2. The van der Waals surface area contributed by atoms with E-state index in [2.05, 4.69) is 55.8 Å². The van der Waals surface area contributed by atoms with Gasteiger partial charge in [-0.1, -0.05) is 43.2 Å². The molecule has 1 aliphatic carbocycles. The SMILES string of the molecule is CC1(C)CCC(CN2CCN(c3ccc(C(=O)NS(=O)(=O)c4ccc(NCC5CCOCC5)c([N+](=O)O)c4)c(Oc4cnc5[nH]ccc5c4)c3)CC2)=C(c2ccc(Cl)cc2)C1. The molecular weight excluding hydrogens is 818 g/mol. The Morgan fingerprint density at radius 1 is 1.03 bits per heavy atom. The highest BCUT2D eigenvalue weighted by molar-refractivity contribution is 7.90. The molecule has 16 heteroatoms.